The summed E-state index contributed by atoms with van der Waals surface area (Å²) < 4.78 is 7.33. The maximum Gasteiger partial charge on any atom is 0.214 e. The van der Waals surface area contributed by atoms with Crippen molar-refractivity contribution in [1.29, 1.82) is 0 Å². The zero-order valence-corrected chi connectivity index (χ0v) is 14.7. The molecule has 1 aliphatic rings. The topological polar surface area (TPSA) is 54.7 Å². The first-order chi connectivity index (χ1) is 11.7. The summed E-state index contributed by atoms with van der Waals surface area (Å²) >= 11 is 1.60. The molecule has 0 amide bonds. The van der Waals surface area contributed by atoms with Crippen LogP contribution in [-0.4, -0.2) is 41.3 Å². The Morgan fingerprint density at radius 2 is 2.25 bits per heavy atom. The molecule has 126 valence electrons. The summed E-state index contributed by atoms with van der Waals surface area (Å²) in [7, 11) is 1.73. The third-order valence-electron chi connectivity index (χ3n) is 4.42. The Balaban J connectivity index is 1.37. The number of hydrogen-bond acceptors (Lipinski definition) is 6. The van der Waals surface area contributed by atoms with Crippen molar-refractivity contribution in [1.82, 2.24) is 14.6 Å². The van der Waals surface area contributed by atoms with Crippen LogP contribution >= 0.6 is 11.3 Å². The van der Waals surface area contributed by atoms with Gasteiger partial charge in [0, 0.05) is 19.6 Å². The van der Waals surface area contributed by atoms with Crippen LogP contribution in [0, 0.1) is 12.8 Å². The zero-order chi connectivity index (χ0) is 16.5. The van der Waals surface area contributed by atoms with Crippen molar-refractivity contribution in [3.05, 3.63) is 36.2 Å². The standard InChI is InChI=1S/C17H21N5OS/c1-12-10-22-17(19-12)24-16(20-22)18-9-13-7-8-21(11-13)14-5-3-4-6-15(14)23-2/h3-6,10,13H,7-9,11H2,1-2H3,(H,18,20)/t13-/m1/s1. The van der Waals surface area contributed by atoms with Gasteiger partial charge in [0.15, 0.2) is 0 Å². The van der Waals surface area contributed by atoms with Crippen molar-refractivity contribution in [2.24, 2.45) is 5.92 Å². The van der Waals surface area contributed by atoms with Gasteiger partial charge in [0.05, 0.1) is 24.7 Å². The number of aryl methyl sites for hydroxylation is 1. The van der Waals surface area contributed by atoms with E-state index in [2.05, 4.69) is 32.4 Å². The van der Waals surface area contributed by atoms with E-state index in [0.717, 1.165) is 41.2 Å². The highest BCUT2D eigenvalue weighted by Gasteiger charge is 2.24. The summed E-state index contributed by atoms with van der Waals surface area (Å²) in [4.78, 5) is 7.79. The van der Waals surface area contributed by atoms with Crippen molar-refractivity contribution in [2.75, 3.05) is 37.0 Å². The van der Waals surface area contributed by atoms with Gasteiger partial charge in [-0.2, -0.15) is 0 Å². The molecule has 0 aliphatic carbocycles. The molecule has 1 aromatic carbocycles. The number of hydrogen-bond donors (Lipinski definition) is 1. The van der Waals surface area contributed by atoms with Crippen LogP contribution in [0.5, 0.6) is 5.75 Å². The predicted molar refractivity (Wildman–Crippen MR) is 97.4 cm³/mol. The fourth-order valence-corrected chi connectivity index (χ4v) is 4.06. The van der Waals surface area contributed by atoms with Gasteiger partial charge in [-0.05, 0) is 31.4 Å². The van der Waals surface area contributed by atoms with E-state index in [4.69, 9.17) is 4.74 Å². The predicted octanol–water partition coefficient (Wildman–Crippen LogP) is 3.05. The smallest absolute Gasteiger partial charge is 0.214 e. The lowest BCUT2D eigenvalue weighted by molar-refractivity contribution is 0.414. The van der Waals surface area contributed by atoms with Crippen LogP contribution in [0.4, 0.5) is 10.8 Å². The van der Waals surface area contributed by atoms with Crippen LogP contribution in [0.3, 0.4) is 0 Å². The SMILES string of the molecule is COc1ccccc1N1CC[C@H](CNc2nn3cc(C)nc3s2)C1. The summed E-state index contributed by atoms with van der Waals surface area (Å²) in [6.07, 6.45) is 3.13. The highest BCUT2D eigenvalue weighted by molar-refractivity contribution is 7.20. The summed E-state index contributed by atoms with van der Waals surface area (Å²) in [5.41, 5.74) is 2.19. The molecule has 1 N–H and O–H groups in total. The summed E-state index contributed by atoms with van der Waals surface area (Å²) in [6.45, 7) is 5.02. The number of rotatable bonds is 5. The number of aromatic nitrogens is 3. The Kier molecular flexibility index (Phi) is 4.02. The van der Waals surface area contributed by atoms with Gasteiger partial charge in [0.2, 0.25) is 10.1 Å². The second kappa shape index (κ2) is 6.32. The minimum atomic E-state index is 0.605. The number of methoxy groups -OCH3 is 1. The highest BCUT2D eigenvalue weighted by Crippen LogP contribution is 2.32. The largest absolute Gasteiger partial charge is 0.495 e. The molecule has 1 saturated heterocycles. The molecule has 0 unspecified atom stereocenters. The number of imidazole rings is 1. The lowest BCUT2D eigenvalue weighted by Gasteiger charge is -2.21. The molecule has 3 heterocycles. The Morgan fingerprint density at radius 1 is 1.38 bits per heavy atom. The van der Waals surface area contributed by atoms with Gasteiger partial charge >= 0.3 is 0 Å². The number of anilines is 2. The van der Waals surface area contributed by atoms with Gasteiger partial charge in [0.1, 0.15) is 5.75 Å². The lowest BCUT2D eigenvalue weighted by atomic mass is 10.1. The van der Waals surface area contributed by atoms with Crippen molar-refractivity contribution < 1.29 is 4.74 Å². The Labute approximate surface area is 145 Å². The molecule has 1 aliphatic heterocycles. The minimum absolute atomic E-state index is 0.605. The highest BCUT2D eigenvalue weighted by atomic mass is 32.1. The molecule has 4 rings (SSSR count). The fourth-order valence-electron chi connectivity index (χ4n) is 3.22. The van der Waals surface area contributed by atoms with Gasteiger partial charge in [-0.25, -0.2) is 9.50 Å². The first kappa shape index (κ1) is 15.3. The molecule has 0 spiro atoms. The molecule has 1 fully saturated rings. The van der Waals surface area contributed by atoms with E-state index >= 15 is 0 Å². The van der Waals surface area contributed by atoms with E-state index < -0.39 is 0 Å². The number of benzene rings is 1. The lowest BCUT2D eigenvalue weighted by Crippen LogP contribution is -2.22. The molecule has 0 saturated carbocycles. The first-order valence-corrected chi connectivity index (χ1v) is 8.99. The van der Waals surface area contributed by atoms with E-state index in [1.165, 1.54) is 12.1 Å². The molecule has 24 heavy (non-hydrogen) atoms. The second-order valence-corrected chi connectivity index (χ2v) is 7.13. The first-order valence-electron chi connectivity index (χ1n) is 8.17. The Morgan fingerprint density at radius 3 is 3.08 bits per heavy atom. The molecule has 0 bridgehead atoms. The van der Waals surface area contributed by atoms with Crippen molar-refractivity contribution >= 4 is 27.1 Å². The number of nitrogens with one attached hydrogen (secondary N) is 1. The van der Waals surface area contributed by atoms with Crippen molar-refractivity contribution in [3.8, 4) is 5.75 Å². The average molecular weight is 343 g/mol. The maximum atomic E-state index is 5.48. The maximum absolute atomic E-state index is 5.48. The summed E-state index contributed by atoms with van der Waals surface area (Å²) in [6, 6.07) is 8.23. The third-order valence-corrected chi connectivity index (χ3v) is 5.30. The van der Waals surface area contributed by atoms with Gasteiger partial charge in [-0.1, -0.05) is 23.5 Å². The van der Waals surface area contributed by atoms with Crippen LogP contribution in [0.2, 0.25) is 0 Å². The van der Waals surface area contributed by atoms with E-state index in [1.54, 1.807) is 18.4 Å². The second-order valence-electron chi connectivity index (χ2n) is 6.17. The molecular formula is C17H21N5OS. The van der Waals surface area contributed by atoms with E-state index in [-0.39, 0.29) is 0 Å². The number of fused-ring (bicyclic) bond motifs is 1. The van der Waals surface area contributed by atoms with Crippen LogP contribution in [-0.2, 0) is 0 Å². The Hall–Kier alpha value is -2.28. The van der Waals surface area contributed by atoms with Crippen LogP contribution in [0.15, 0.2) is 30.5 Å². The van der Waals surface area contributed by atoms with E-state index in [1.807, 2.05) is 29.8 Å². The quantitative estimate of drug-likeness (QED) is 0.772. The van der Waals surface area contributed by atoms with Gasteiger partial charge in [0.25, 0.3) is 0 Å². The molecule has 7 heteroatoms. The number of ether oxygens (including phenoxy) is 1. The molecule has 1 atom stereocenters. The molecule has 3 aromatic rings. The monoisotopic (exact) mass is 343 g/mol. The fraction of sp³-hybridized carbons (Fsp3) is 0.412. The zero-order valence-electron chi connectivity index (χ0n) is 13.9. The Bertz CT molecular complexity index is 811. The van der Waals surface area contributed by atoms with Crippen molar-refractivity contribution in [2.45, 2.75) is 13.3 Å². The van der Waals surface area contributed by atoms with E-state index in [0.29, 0.717) is 5.92 Å². The molecule has 0 radical (unpaired) electrons. The minimum Gasteiger partial charge on any atom is -0.495 e. The molecule has 6 nitrogen and oxygen atoms in total. The van der Waals surface area contributed by atoms with E-state index in [9.17, 15) is 0 Å². The van der Waals surface area contributed by atoms with Gasteiger partial charge < -0.3 is 15.0 Å². The summed E-state index contributed by atoms with van der Waals surface area (Å²) in [5.74, 6) is 1.55. The number of nitrogens with zero attached hydrogens (tertiary/aromatic N) is 4. The summed E-state index contributed by atoms with van der Waals surface area (Å²) in [5, 5.41) is 8.94. The van der Waals surface area contributed by atoms with Gasteiger partial charge in [-0.3, -0.25) is 0 Å². The van der Waals surface area contributed by atoms with Crippen LogP contribution in [0.25, 0.3) is 4.96 Å². The van der Waals surface area contributed by atoms with Crippen LogP contribution < -0.4 is 15.0 Å². The average Bonchev–Trinajstić information content (AvgIpc) is 3.27. The van der Waals surface area contributed by atoms with Crippen LogP contribution in [0.1, 0.15) is 12.1 Å². The molecule has 2 aromatic heterocycles. The number of para-hydroxylation sites is 2. The van der Waals surface area contributed by atoms with Crippen molar-refractivity contribution in [3.63, 3.8) is 0 Å². The third kappa shape index (κ3) is 2.91. The van der Waals surface area contributed by atoms with Gasteiger partial charge in [-0.15, -0.1) is 5.10 Å². The molecular weight excluding hydrogens is 322 g/mol. The normalized spacial score (nSPS) is 17.6.